The van der Waals surface area contributed by atoms with E-state index in [-0.39, 0.29) is 44.3 Å². The molecule has 3 rings (SSSR count). The van der Waals surface area contributed by atoms with Crippen molar-refractivity contribution >= 4 is 11.9 Å². The standard InChI is InChI=1S/C38H57NO3/c1-33(2,3)22-27(23-17-18-25-26(19-23)32(41)42-31(25)40)37(13,14)38(15,16)30(36(10,11)12)24-20-28(34(4,5)6)39-29(21-24)35(7,8)9/h17-21,27,30H,22H2,1-16H3. The number of carbonyl (C=O) groups is 2. The highest BCUT2D eigenvalue weighted by Crippen LogP contribution is 2.62. The molecule has 4 nitrogen and oxygen atoms in total. The first kappa shape index (κ1) is 34.0. The van der Waals surface area contributed by atoms with Gasteiger partial charge in [-0.1, -0.05) is 117 Å². The fourth-order valence-corrected chi connectivity index (χ4v) is 7.03. The van der Waals surface area contributed by atoms with Crippen LogP contribution in [0, 0.1) is 21.7 Å². The highest BCUT2D eigenvalue weighted by molar-refractivity contribution is 6.14. The van der Waals surface area contributed by atoms with Gasteiger partial charge in [0.1, 0.15) is 0 Å². The van der Waals surface area contributed by atoms with Gasteiger partial charge in [0, 0.05) is 22.2 Å². The molecule has 0 saturated heterocycles. The van der Waals surface area contributed by atoms with Gasteiger partial charge in [-0.15, -0.1) is 0 Å². The molecule has 0 bridgehead atoms. The molecule has 2 heterocycles. The Morgan fingerprint density at radius 2 is 1.10 bits per heavy atom. The number of nitrogens with zero attached hydrogens (tertiary/aromatic N) is 1. The number of rotatable bonds is 6. The lowest BCUT2D eigenvalue weighted by molar-refractivity contribution is -0.00438. The monoisotopic (exact) mass is 575 g/mol. The van der Waals surface area contributed by atoms with Crippen molar-refractivity contribution < 1.29 is 14.3 Å². The molecule has 0 N–H and O–H groups in total. The Morgan fingerprint density at radius 3 is 1.52 bits per heavy atom. The molecule has 1 aliphatic rings. The molecular formula is C38H57NO3. The van der Waals surface area contributed by atoms with Gasteiger partial charge in [0.25, 0.3) is 0 Å². The summed E-state index contributed by atoms with van der Waals surface area (Å²) in [5.41, 5.74) is 4.85. The topological polar surface area (TPSA) is 56.3 Å². The van der Waals surface area contributed by atoms with E-state index in [2.05, 4.69) is 123 Å². The fraction of sp³-hybridized carbons (Fsp3) is 0.658. The summed E-state index contributed by atoms with van der Waals surface area (Å²) in [7, 11) is 0. The second-order valence-corrected chi connectivity index (χ2v) is 18.2. The summed E-state index contributed by atoms with van der Waals surface area (Å²) in [4.78, 5) is 30.0. The van der Waals surface area contributed by atoms with Crippen LogP contribution in [0.25, 0.3) is 0 Å². The van der Waals surface area contributed by atoms with Gasteiger partial charge < -0.3 is 4.74 Å². The van der Waals surface area contributed by atoms with Crippen molar-refractivity contribution in [3.63, 3.8) is 0 Å². The highest BCUT2D eigenvalue weighted by Gasteiger charge is 2.52. The zero-order valence-electron chi connectivity index (χ0n) is 29.4. The van der Waals surface area contributed by atoms with E-state index in [4.69, 9.17) is 9.72 Å². The Morgan fingerprint density at radius 1 is 0.619 bits per heavy atom. The minimum Gasteiger partial charge on any atom is -0.386 e. The van der Waals surface area contributed by atoms with Gasteiger partial charge in [0.05, 0.1) is 11.1 Å². The number of hydrogen-bond donors (Lipinski definition) is 0. The maximum absolute atomic E-state index is 12.6. The number of cyclic esters (lactones) is 2. The average molecular weight is 576 g/mol. The van der Waals surface area contributed by atoms with E-state index < -0.39 is 11.9 Å². The third-order valence-corrected chi connectivity index (χ3v) is 9.73. The lowest BCUT2D eigenvalue weighted by atomic mass is 9.48. The molecule has 2 aromatic rings. The highest BCUT2D eigenvalue weighted by atomic mass is 16.6. The predicted octanol–water partition coefficient (Wildman–Crippen LogP) is 10.4. The number of pyridine rings is 1. The van der Waals surface area contributed by atoms with Crippen molar-refractivity contribution in [2.75, 3.05) is 0 Å². The first-order chi connectivity index (χ1) is 18.7. The molecule has 1 aromatic heterocycles. The van der Waals surface area contributed by atoms with Crippen LogP contribution in [0.4, 0.5) is 0 Å². The van der Waals surface area contributed by atoms with E-state index in [1.165, 1.54) is 5.56 Å². The zero-order chi connectivity index (χ0) is 32.4. The summed E-state index contributed by atoms with van der Waals surface area (Å²) in [6.07, 6.45) is 0.929. The summed E-state index contributed by atoms with van der Waals surface area (Å²) in [5.74, 6) is -0.772. The Kier molecular flexibility index (Phi) is 8.58. The van der Waals surface area contributed by atoms with Crippen LogP contribution >= 0.6 is 0 Å². The molecule has 0 aliphatic carbocycles. The third-order valence-electron chi connectivity index (χ3n) is 9.73. The molecule has 4 heteroatoms. The molecule has 0 amide bonds. The van der Waals surface area contributed by atoms with Crippen LogP contribution in [-0.2, 0) is 15.6 Å². The van der Waals surface area contributed by atoms with Gasteiger partial charge >= 0.3 is 11.9 Å². The van der Waals surface area contributed by atoms with Crippen LogP contribution in [0.1, 0.15) is 172 Å². The van der Waals surface area contributed by atoms with Gasteiger partial charge in [-0.3, -0.25) is 4.98 Å². The minimum absolute atomic E-state index is 0.0417. The SMILES string of the molecule is CC(C)(C)CC(c1ccc2c(c1)C(=O)OC2=O)C(C)(C)C(C)(C)C(c1cc(C(C)(C)C)nc(C(C)(C)C)c1)C(C)(C)C. The van der Waals surface area contributed by atoms with Crippen LogP contribution < -0.4 is 0 Å². The summed E-state index contributed by atoms with van der Waals surface area (Å²) < 4.78 is 4.95. The van der Waals surface area contributed by atoms with Crippen LogP contribution in [0.2, 0.25) is 0 Å². The molecule has 2 atom stereocenters. The number of fused-ring (bicyclic) bond motifs is 1. The van der Waals surface area contributed by atoms with E-state index in [1.807, 2.05) is 12.1 Å². The Labute approximate surface area is 256 Å². The fourth-order valence-electron chi connectivity index (χ4n) is 7.03. The van der Waals surface area contributed by atoms with Crippen molar-refractivity contribution in [3.8, 4) is 0 Å². The Balaban J connectivity index is 2.30. The second kappa shape index (κ2) is 10.6. The summed E-state index contributed by atoms with van der Waals surface area (Å²) in [6.45, 7) is 37.1. The second-order valence-electron chi connectivity index (χ2n) is 18.2. The van der Waals surface area contributed by atoms with E-state index in [9.17, 15) is 9.59 Å². The first-order valence-corrected chi connectivity index (χ1v) is 15.6. The molecule has 232 valence electrons. The van der Waals surface area contributed by atoms with Crippen LogP contribution in [0.5, 0.6) is 0 Å². The van der Waals surface area contributed by atoms with Crippen LogP contribution in [-0.4, -0.2) is 16.9 Å². The molecule has 0 fully saturated rings. The van der Waals surface area contributed by atoms with Gasteiger partial charge in [-0.05, 0) is 75.3 Å². The third kappa shape index (κ3) is 6.68. The normalized spacial score (nSPS) is 16.8. The molecule has 0 radical (unpaired) electrons. The van der Waals surface area contributed by atoms with Crippen molar-refractivity contribution in [2.24, 2.45) is 21.7 Å². The molecule has 1 aliphatic heterocycles. The van der Waals surface area contributed by atoms with Gasteiger partial charge in [0.15, 0.2) is 0 Å². The van der Waals surface area contributed by atoms with Crippen molar-refractivity contribution in [1.29, 1.82) is 0 Å². The molecule has 0 saturated carbocycles. The average Bonchev–Trinajstić information content (AvgIpc) is 3.07. The lowest BCUT2D eigenvalue weighted by Gasteiger charge is -2.56. The Hall–Kier alpha value is -2.49. The molecular weight excluding hydrogens is 518 g/mol. The van der Waals surface area contributed by atoms with Crippen molar-refractivity contribution in [1.82, 2.24) is 4.98 Å². The number of benzene rings is 1. The maximum Gasteiger partial charge on any atom is 0.346 e. The quantitative estimate of drug-likeness (QED) is 0.254. The molecule has 1 aromatic carbocycles. The van der Waals surface area contributed by atoms with E-state index in [0.29, 0.717) is 11.1 Å². The number of esters is 2. The number of carbonyl (C=O) groups excluding carboxylic acids is 2. The largest absolute Gasteiger partial charge is 0.386 e. The molecule has 0 spiro atoms. The van der Waals surface area contributed by atoms with Gasteiger partial charge in [-0.25, -0.2) is 9.59 Å². The zero-order valence-corrected chi connectivity index (χ0v) is 29.4. The van der Waals surface area contributed by atoms with Gasteiger partial charge in [-0.2, -0.15) is 0 Å². The molecule has 2 unspecified atom stereocenters. The summed E-state index contributed by atoms with van der Waals surface area (Å²) >= 11 is 0. The predicted molar refractivity (Wildman–Crippen MR) is 174 cm³/mol. The smallest absolute Gasteiger partial charge is 0.346 e. The maximum atomic E-state index is 12.6. The minimum atomic E-state index is -0.552. The summed E-state index contributed by atoms with van der Waals surface area (Å²) in [5, 5.41) is 0. The number of hydrogen-bond acceptors (Lipinski definition) is 4. The number of ether oxygens (including phenoxy) is 1. The summed E-state index contributed by atoms with van der Waals surface area (Å²) in [6, 6.07) is 10.5. The van der Waals surface area contributed by atoms with E-state index >= 15 is 0 Å². The first-order valence-electron chi connectivity index (χ1n) is 15.6. The Bertz CT molecular complexity index is 1320. The van der Waals surface area contributed by atoms with Gasteiger partial charge in [0.2, 0.25) is 0 Å². The van der Waals surface area contributed by atoms with E-state index in [1.54, 1.807) is 6.07 Å². The number of aromatic nitrogens is 1. The lowest BCUT2D eigenvalue weighted by Crippen LogP contribution is -2.47. The molecule has 42 heavy (non-hydrogen) atoms. The van der Waals surface area contributed by atoms with E-state index in [0.717, 1.165) is 23.4 Å². The van der Waals surface area contributed by atoms with Crippen LogP contribution in [0.15, 0.2) is 30.3 Å². The van der Waals surface area contributed by atoms with Crippen molar-refractivity contribution in [3.05, 3.63) is 64.0 Å². The van der Waals surface area contributed by atoms with Crippen molar-refractivity contribution in [2.45, 2.75) is 140 Å². The van der Waals surface area contributed by atoms with Crippen LogP contribution in [0.3, 0.4) is 0 Å².